The third kappa shape index (κ3) is 4.37. The van der Waals surface area contributed by atoms with E-state index < -0.39 is 23.5 Å². The predicted molar refractivity (Wildman–Crippen MR) is 100 cm³/mol. The third-order valence-electron chi connectivity index (χ3n) is 3.64. The fourth-order valence-corrected chi connectivity index (χ4v) is 3.78. The number of carbonyl (C=O) groups is 1. The van der Waals surface area contributed by atoms with Gasteiger partial charge in [0.1, 0.15) is 22.6 Å². The van der Waals surface area contributed by atoms with Crippen LogP contribution in [-0.4, -0.2) is 16.1 Å². The molecule has 0 saturated heterocycles. The molecule has 2 aromatic carbocycles. The number of halogens is 4. The van der Waals surface area contributed by atoms with Gasteiger partial charge < -0.3 is 5.73 Å². The topological polar surface area (TPSA) is 68.9 Å². The van der Waals surface area contributed by atoms with Crippen molar-refractivity contribution in [2.24, 2.45) is 5.73 Å². The van der Waals surface area contributed by atoms with E-state index in [4.69, 9.17) is 28.9 Å². The van der Waals surface area contributed by atoms with Gasteiger partial charge in [0.05, 0.1) is 5.69 Å². The number of rotatable bonds is 5. The van der Waals surface area contributed by atoms with E-state index in [9.17, 15) is 13.6 Å². The molecule has 0 saturated carbocycles. The summed E-state index contributed by atoms with van der Waals surface area (Å²) in [6.07, 6.45) is 0. The third-order valence-corrected chi connectivity index (χ3v) is 5.27. The van der Waals surface area contributed by atoms with Crippen molar-refractivity contribution >= 4 is 40.9 Å². The Labute approximate surface area is 167 Å². The first-order valence-corrected chi connectivity index (χ1v) is 9.14. The Balaban J connectivity index is 1.91. The van der Waals surface area contributed by atoms with Gasteiger partial charge in [-0.05, 0) is 36.4 Å². The Morgan fingerprint density at radius 3 is 2.30 bits per heavy atom. The van der Waals surface area contributed by atoms with E-state index in [1.807, 2.05) is 0 Å². The first-order valence-electron chi connectivity index (χ1n) is 7.56. The van der Waals surface area contributed by atoms with Gasteiger partial charge in [-0.15, -0.1) is 5.10 Å². The molecule has 1 atom stereocenters. The summed E-state index contributed by atoms with van der Waals surface area (Å²) in [6, 6.07) is 11.2. The van der Waals surface area contributed by atoms with Crippen LogP contribution >= 0.6 is 35.0 Å². The molecule has 0 spiro atoms. The molecular weight excluding hydrogens is 415 g/mol. The van der Waals surface area contributed by atoms with Crippen LogP contribution in [0, 0.1) is 11.6 Å². The molecule has 1 unspecified atom stereocenters. The van der Waals surface area contributed by atoms with Crippen molar-refractivity contribution < 1.29 is 13.6 Å². The maximum absolute atomic E-state index is 13.8. The van der Waals surface area contributed by atoms with Gasteiger partial charge in [0.2, 0.25) is 5.91 Å². The van der Waals surface area contributed by atoms with Crippen molar-refractivity contribution in [2.75, 3.05) is 0 Å². The summed E-state index contributed by atoms with van der Waals surface area (Å²) in [6.45, 7) is 0. The van der Waals surface area contributed by atoms with Crippen LogP contribution in [0.1, 0.15) is 17.2 Å². The maximum atomic E-state index is 13.8. The number of primary amides is 1. The second-order valence-electron chi connectivity index (χ2n) is 5.44. The lowest BCUT2D eigenvalue weighted by molar-refractivity contribution is -0.118. The number of hydrogen-bond donors (Lipinski definition) is 1. The molecule has 3 aromatic rings. The van der Waals surface area contributed by atoms with Gasteiger partial charge >= 0.3 is 0 Å². The van der Waals surface area contributed by atoms with Crippen molar-refractivity contribution in [3.63, 3.8) is 0 Å². The predicted octanol–water partition coefficient (Wildman–Crippen LogP) is 4.83. The number of amides is 1. The van der Waals surface area contributed by atoms with Crippen LogP contribution in [0.2, 0.25) is 10.0 Å². The molecule has 0 fully saturated rings. The van der Waals surface area contributed by atoms with E-state index in [-0.39, 0.29) is 20.6 Å². The minimum Gasteiger partial charge on any atom is -0.369 e. The second kappa shape index (κ2) is 8.21. The number of nitrogens with two attached hydrogens (primary N) is 1. The summed E-state index contributed by atoms with van der Waals surface area (Å²) in [7, 11) is 0. The lowest BCUT2D eigenvalue weighted by Gasteiger charge is -2.16. The highest BCUT2D eigenvalue weighted by Gasteiger charge is 2.27. The highest BCUT2D eigenvalue weighted by atomic mass is 35.5. The number of aromatic nitrogens is 2. The molecule has 9 heteroatoms. The average molecular weight is 426 g/mol. The van der Waals surface area contributed by atoms with Crippen molar-refractivity contribution in [3.05, 3.63) is 81.5 Å². The van der Waals surface area contributed by atoms with Crippen LogP contribution in [-0.2, 0) is 4.79 Å². The fourth-order valence-electron chi connectivity index (χ4n) is 2.43. The molecule has 0 aliphatic rings. The molecule has 3 rings (SSSR count). The van der Waals surface area contributed by atoms with Gasteiger partial charge in [-0.3, -0.25) is 4.79 Å². The summed E-state index contributed by atoms with van der Waals surface area (Å²) < 4.78 is 26.7. The van der Waals surface area contributed by atoms with Crippen molar-refractivity contribution in [1.82, 2.24) is 10.2 Å². The first-order chi connectivity index (χ1) is 12.9. The largest absolute Gasteiger partial charge is 0.369 e. The molecule has 0 radical (unpaired) electrons. The first kappa shape index (κ1) is 19.5. The van der Waals surface area contributed by atoms with Crippen molar-refractivity contribution in [1.29, 1.82) is 0 Å². The molecule has 4 nitrogen and oxygen atoms in total. The van der Waals surface area contributed by atoms with E-state index in [2.05, 4.69) is 10.2 Å². The molecule has 1 heterocycles. The van der Waals surface area contributed by atoms with Gasteiger partial charge in [0, 0.05) is 26.6 Å². The lowest BCUT2D eigenvalue weighted by Crippen LogP contribution is -2.24. The Morgan fingerprint density at radius 1 is 1.04 bits per heavy atom. The molecule has 0 aliphatic heterocycles. The van der Waals surface area contributed by atoms with Crippen LogP contribution in [0.5, 0.6) is 0 Å². The summed E-state index contributed by atoms with van der Waals surface area (Å²) in [5, 5.41) is 8.92. The van der Waals surface area contributed by atoms with Crippen LogP contribution in [0.4, 0.5) is 8.78 Å². The zero-order chi connectivity index (χ0) is 19.6. The summed E-state index contributed by atoms with van der Waals surface area (Å²) in [4.78, 5) is 12.2. The van der Waals surface area contributed by atoms with E-state index in [0.29, 0.717) is 10.6 Å². The molecule has 0 aliphatic carbocycles. The monoisotopic (exact) mass is 425 g/mol. The minimum absolute atomic E-state index is 0.194. The molecular formula is C18H11Cl2F2N3OS. The molecule has 2 N–H and O–H groups in total. The van der Waals surface area contributed by atoms with Gasteiger partial charge in [-0.1, -0.05) is 41.0 Å². The Bertz CT molecular complexity index is 982. The summed E-state index contributed by atoms with van der Waals surface area (Å²) >= 11 is 13.3. The van der Waals surface area contributed by atoms with Gasteiger partial charge in [0.25, 0.3) is 0 Å². The lowest BCUT2D eigenvalue weighted by atomic mass is 9.94. The highest BCUT2D eigenvalue weighted by Crippen LogP contribution is 2.35. The van der Waals surface area contributed by atoms with Crippen LogP contribution in [0.25, 0.3) is 0 Å². The van der Waals surface area contributed by atoms with E-state index in [0.717, 1.165) is 23.9 Å². The van der Waals surface area contributed by atoms with Gasteiger partial charge in [0.15, 0.2) is 0 Å². The number of nitrogens with zero attached hydrogens (tertiary/aromatic N) is 2. The molecule has 27 heavy (non-hydrogen) atoms. The maximum Gasteiger partial charge on any atom is 0.231 e. The Hall–Kier alpha value is -2.22. The number of hydrogen-bond acceptors (Lipinski definition) is 4. The summed E-state index contributed by atoms with van der Waals surface area (Å²) in [5.41, 5.74) is 6.11. The van der Waals surface area contributed by atoms with Crippen molar-refractivity contribution in [3.8, 4) is 0 Å². The number of benzene rings is 2. The minimum atomic E-state index is -0.986. The van der Waals surface area contributed by atoms with Gasteiger partial charge in [-0.2, -0.15) is 5.10 Å². The van der Waals surface area contributed by atoms with Gasteiger partial charge in [-0.25, -0.2) is 8.78 Å². The van der Waals surface area contributed by atoms with Crippen LogP contribution < -0.4 is 5.73 Å². The Kier molecular flexibility index (Phi) is 5.94. The SMILES string of the molecule is NC(=O)C(c1ccc(Sc2ccc(F)cc2F)nn1)c1c(Cl)cccc1Cl. The molecule has 0 bridgehead atoms. The van der Waals surface area contributed by atoms with Crippen LogP contribution in [0.3, 0.4) is 0 Å². The molecule has 138 valence electrons. The number of carbonyl (C=O) groups excluding carboxylic acids is 1. The smallest absolute Gasteiger partial charge is 0.231 e. The van der Waals surface area contributed by atoms with Crippen LogP contribution in [0.15, 0.2) is 58.5 Å². The fraction of sp³-hybridized carbons (Fsp3) is 0.0556. The second-order valence-corrected chi connectivity index (χ2v) is 7.32. The van der Waals surface area contributed by atoms with E-state index >= 15 is 0 Å². The molecule has 1 amide bonds. The zero-order valence-corrected chi connectivity index (χ0v) is 15.8. The van der Waals surface area contributed by atoms with E-state index in [1.165, 1.54) is 12.1 Å². The summed E-state index contributed by atoms with van der Waals surface area (Å²) in [5.74, 6) is -3.05. The highest BCUT2D eigenvalue weighted by molar-refractivity contribution is 7.99. The molecule has 1 aromatic heterocycles. The average Bonchev–Trinajstić information content (AvgIpc) is 2.61. The zero-order valence-electron chi connectivity index (χ0n) is 13.5. The Morgan fingerprint density at radius 2 is 1.74 bits per heavy atom. The van der Waals surface area contributed by atoms with Crippen molar-refractivity contribution in [2.45, 2.75) is 15.8 Å². The van der Waals surface area contributed by atoms with E-state index in [1.54, 1.807) is 24.3 Å². The quantitative estimate of drug-likeness (QED) is 0.635. The standard InChI is InChI=1S/C18H11Cl2F2N3OS/c19-10-2-1-3-11(20)16(10)17(18(23)26)13-5-7-15(25-24-13)27-14-6-4-9(21)8-12(14)22/h1-8,17H,(H2,23,26). The normalized spacial score (nSPS) is 12.0.